The van der Waals surface area contributed by atoms with Gasteiger partial charge in [0.2, 0.25) is 0 Å². The van der Waals surface area contributed by atoms with Crippen LogP contribution in [0.2, 0.25) is 0 Å². The Morgan fingerprint density at radius 1 is 1.33 bits per heavy atom. The Bertz CT molecular complexity index is 155. The third-order valence-electron chi connectivity index (χ3n) is 3.31. The Morgan fingerprint density at radius 3 is 2.60 bits per heavy atom. The van der Waals surface area contributed by atoms with Gasteiger partial charge in [-0.15, -0.1) is 0 Å². The van der Waals surface area contributed by atoms with E-state index in [0.717, 1.165) is 18.5 Å². The summed E-state index contributed by atoms with van der Waals surface area (Å²) in [6.45, 7) is 11.8. The molecule has 0 radical (unpaired) electrons. The van der Waals surface area contributed by atoms with Crippen molar-refractivity contribution in [2.45, 2.75) is 52.5 Å². The molecule has 0 amide bonds. The second kappa shape index (κ2) is 7.24. The molecule has 2 heteroatoms. The van der Waals surface area contributed by atoms with Crippen LogP contribution >= 0.6 is 0 Å². The van der Waals surface area contributed by atoms with Crippen LogP contribution in [0.25, 0.3) is 0 Å². The van der Waals surface area contributed by atoms with Gasteiger partial charge in [0.05, 0.1) is 0 Å². The van der Waals surface area contributed by atoms with E-state index in [1.54, 1.807) is 0 Å². The van der Waals surface area contributed by atoms with Crippen LogP contribution in [0.4, 0.5) is 0 Å². The first-order valence-corrected chi connectivity index (χ1v) is 6.72. The number of nitrogens with zero attached hydrogens (tertiary/aromatic N) is 1. The minimum Gasteiger partial charge on any atom is -0.317 e. The Balaban J connectivity index is 2.18. The zero-order chi connectivity index (χ0) is 11.1. The highest BCUT2D eigenvalue weighted by molar-refractivity contribution is 4.79. The predicted molar refractivity (Wildman–Crippen MR) is 67.2 cm³/mol. The average Bonchev–Trinajstić information content (AvgIpc) is 3.01. The lowest BCUT2D eigenvalue weighted by Crippen LogP contribution is -2.37. The molecule has 1 N–H and O–H groups in total. The summed E-state index contributed by atoms with van der Waals surface area (Å²) in [5.41, 5.74) is 0. The van der Waals surface area contributed by atoms with E-state index in [-0.39, 0.29) is 0 Å². The summed E-state index contributed by atoms with van der Waals surface area (Å²) in [5, 5.41) is 3.42. The first-order valence-electron chi connectivity index (χ1n) is 6.72. The second-order valence-corrected chi connectivity index (χ2v) is 4.93. The molecular formula is C13H28N2. The Hall–Kier alpha value is -0.0800. The van der Waals surface area contributed by atoms with Crippen molar-refractivity contribution in [3.8, 4) is 0 Å². The summed E-state index contributed by atoms with van der Waals surface area (Å²) in [4.78, 5) is 2.69. The number of rotatable bonds is 9. The lowest BCUT2D eigenvalue weighted by molar-refractivity contribution is 0.191. The third kappa shape index (κ3) is 5.53. The summed E-state index contributed by atoms with van der Waals surface area (Å²) in [6.07, 6.45) is 5.53. The third-order valence-corrected chi connectivity index (χ3v) is 3.31. The summed E-state index contributed by atoms with van der Waals surface area (Å²) in [7, 11) is 0. The standard InChI is InChI=1S/C13H28N2/c1-4-10-15(11-13-6-7-13)12(3)8-9-14-5-2/h12-14H,4-11H2,1-3H3. The van der Waals surface area contributed by atoms with Crippen molar-refractivity contribution in [2.75, 3.05) is 26.2 Å². The molecule has 0 bridgehead atoms. The Kier molecular flexibility index (Phi) is 6.26. The van der Waals surface area contributed by atoms with Crippen LogP contribution in [0.5, 0.6) is 0 Å². The van der Waals surface area contributed by atoms with Gasteiger partial charge >= 0.3 is 0 Å². The van der Waals surface area contributed by atoms with E-state index in [0.29, 0.717) is 0 Å². The molecule has 15 heavy (non-hydrogen) atoms. The maximum Gasteiger partial charge on any atom is 0.00791 e. The minimum atomic E-state index is 0.754. The fourth-order valence-electron chi connectivity index (χ4n) is 2.08. The van der Waals surface area contributed by atoms with Gasteiger partial charge in [-0.1, -0.05) is 13.8 Å². The largest absolute Gasteiger partial charge is 0.317 e. The molecule has 1 atom stereocenters. The Labute approximate surface area is 95.4 Å². The maximum absolute atomic E-state index is 3.42. The zero-order valence-electron chi connectivity index (χ0n) is 10.8. The zero-order valence-corrected chi connectivity index (χ0v) is 10.8. The lowest BCUT2D eigenvalue weighted by atomic mass is 10.1. The molecule has 1 aliphatic carbocycles. The number of hydrogen-bond donors (Lipinski definition) is 1. The molecule has 0 spiro atoms. The van der Waals surface area contributed by atoms with Crippen LogP contribution in [0.3, 0.4) is 0 Å². The summed E-state index contributed by atoms with van der Waals surface area (Å²) in [6, 6.07) is 0.754. The fourth-order valence-corrected chi connectivity index (χ4v) is 2.08. The van der Waals surface area contributed by atoms with E-state index >= 15 is 0 Å². The van der Waals surface area contributed by atoms with Crippen LogP contribution in [-0.2, 0) is 0 Å². The van der Waals surface area contributed by atoms with Gasteiger partial charge in [0.1, 0.15) is 0 Å². The Morgan fingerprint density at radius 2 is 2.07 bits per heavy atom. The predicted octanol–water partition coefficient (Wildman–Crippen LogP) is 2.50. The van der Waals surface area contributed by atoms with Gasteiger partial charge in [-0.05, 0) is 58.2 Å². The molecule has 0 aromatic heterocycles. The first-order chi connectivity index (χ1) is 7.27. The van der Waals surface area contributed by atoms with E-state index in [2.05, 4.69) is 31.0 Å². The van der Waals surface area contributed by atoms with E-state index in [1.807, 2.05) is 0 Å². The van der Waals surface area contributed by atoms with Crippen molar-refractivity contribution in [1.29, 1.82) is 0 Å². The van der Waals surface area contributed by atoms with Crippen LogP contribution in [0, 0.1) is 5.92 Å². The fraction of sp³-hybridized carbons (Fsp3) is 1.00. The molecule has 0 saturated heterocycles. The lowest BCUT2D eigenvalue weighted by Gasteiger charge is -2.29. The van der Waals surface area contributed by atoms with Gasteiger partial charge < -0.3 is 10.2 Å². The number of nitrogens with one attached hydrogen (secondary N) is 1. The van der Waals surface area contributed by atoms with Crippen molar-refractivity contribution < 1.29 is 0 Å². The summed E-state index contributed by atoms with van der Waals surface area (Å²) >= 11 is 0. The molecule has 0 aromatic rings. The van der Waals surface area contributed by atoms with E-state index in [9.17, 15) is 0 Å². The minimum absolute atomic E-state index is 0.754. The quantitative estimate of drug-likeness (QED) is 0.591. The van der Waals surface area contributed by atoms with Crippen LogP contribution < -0.4 is 5.32 Å². The van der Waals surface area contributed by atoms with Crippen LogP contribution in [0.1, 0.15) is 46.5 Å². The molecule has 90 valence electrons. The van der Waals surface area contributed by atoms with Crippen LogP contribution in [-0.4, -0.2) is 37.1 Å². The molecule has 0 aliphatic heterocycles. The van der Waals surface area contributed by atoms with Crippen molar-refractivity contribution in [2.24, 2.45) is 5.92 Å². The maximum atomic E-state index is 3.42. The topological polar surface area (TPSA) is 15.3 Å². The average molecular weight is 212 g/mol. The molecule has 1 aliphatic rings. The van der Waals surface area contributed by atoms with E-state index in [1.165, 1.54) is 45.3 Å². The van der Waals surface area contributed by atoms with Gasteiger partial charge in [0.25, 0.3) is 0 Å². The van der Waals surface area contributed by atoms with Gasteiger partial charge in [0.15, 0.2) is 0 Å². The molecule has 2 nitrogen and oxygen atoms in total. The van der Waals surface area contributed by atoms with Crippen molar-refractivity contribution in [1.82, 2.24) is 10.2 Å². The smallest absolute Gasteiger partial charge is 0.00791 e. The highest BCUT2D eigenvalue weighted by Crippen LogP contribution is 2.30. The van der Waals surface area contributed by atoms with Gasteiger partial charge in [-0.25, -0.2) is 0 Å². The van der Waals surface area contributed by atoms with Crippen molar-refractivity contribution in [3.63, 3.8) is 0 Å². The highest BCUT2D eigenvalue weighted by atomic mass is 15.2. The first kappa shape index (κ1) is 13.0. The van der Waals surface area contributed by atoms with Gasteiger partial charge in [-0.2, -0.15) is 0 Å². The summed E-state index contributed by atoms with van der Waals surface area (Å²) in [5.74, 6) is 1.03. The molecule has 1 fully saturated rings. The van der Waals surface area contributed by atoms with Crippen molar-refractivity contribution >= 4 is 0 Å². The van der Waals surface area contributed by atoms with Crippen LogP contribution in [0.15, 0.2) is 0 Å². The molecule has 0 heterocycles. The molecule has 1 unspecified atom stereocenters. The molecule has 0 aromatic carbocycles. The SMILES string of the molecule is CCCN(CC1CC1)C(C)CCNCC. The van der Waals surface area contributed by atoms with Crippen molar-refractivity contribution in [3.05, 3.63) is 0 Å². The normalized spacial score (nSPS) is 18.4. The van der Waals surface area contributed by atoms with Gasteiger partial charge in [0, 0.05) is 12.6 Å². The monoisotopic (exact) mass is 212 g/mol. The molecule has 1 rings (SSSR count). The molecular weight excluding hydrogens is 184 g/mol. The number of hydrogen-bond acceptors (Lipinski definition) is 2. The summed E-state index contributed by atoms with van der Waals surface area (Å²) < 4.78 is 0. The van der Waals surface area contributed by atoms with E-state index in [4.69, 9.17) is 0 Å². The van der Waals surface area contributed by atoms with E-state index < -0.39 is 0 Å². The second-order valence-electron chi connectivity index (χ2n) is 4.93. The van der Waals surface area contributed by atoms with Gasteiger partial charge in [-0.3, -0.25) is 0 Å². The molecule has 1 saturated carbocycles. The highest BCUT2D eigenvalue weighted by Gasteiger charge is 2.25.